The smallest absolute Gasteiger partial charge is 0.368 e. The van der Waals surface area contributed by atoms with Crippen LogP contribution in [0.3, 0.4) is 0 Å². The first-order chi connectivity index (χ1) is 15.1. The van der Waals surface area contributed by atoms with E-state index in [1.54, 1.807) is 14.2 Å². The van der Waals surface area contributed by atoms with Gasteiger partial charge in [0.15, 0.2) is 0 Å². The van der Waals surface area contributed by atoms with Gasteiger partial charge in [0.05, 0.1) is 11.4 Å². The van der Waals surface area contributed by atoms with E-state index in [1.165, 1.54) is 9.36 Å². The van der Waals surface area contributed by atoms with Crippen LogP contribution in [0.15, 0.2) is 46.3 Å². The molecule has 0 N–H and O–H groups in total. The van der Waals surface area contributed by atoms with Crippen molar-refractivity contribution >= 4 is 5.71 Å². The quantitative estimate of drug-likeness (QED) is 0.413. The van der Waals surface area contributed by atoms with Gasteiger partial charge in [-0.15, -0.1) is 0 Å². The summed E-state index contributed by atoms with van der Waals surface area (Å²) < 4.78 is 8.66. The number of hydrogen-bond acceptors (Lipinski definition) is 6. The summed E-state index contributed by atoms with van der Waals surface area (Å²) >= 11 is 0. The van der Waals surface area contributed by atoms with E-state index in [4.69, 9.17) is 9.57 Å². The highest BCUT2D eigenvalue weighted by atomic mass is 16.6. The molecule has 0 saturated carbocycles. The molecule has 0 unspecified atom stereocenters. The van der Waals surface area contributed by atoms with Gasteiger partial charge in [0.2, 0.25) is 0 Å². The molecule has 0 atom stereocenters. The molecule has 0 saturated heterocycles. The van der Waals surface area contributed by atoms with Crippen molar-refractivity contribution < 1.29 is 9.57 Å². The van der Waals surface area contributed by atoms with E-state index < -0.39 is 0 Å². The molecule has 0 fully saturated rings. The van der Waals surface area contributed by atoms with Crippen LogP contribution in [0.1, 0.15) is 49.4 Å². The fraction of sp³-hybridized carbons (Fsp3) is 0.417. The number of ether oxygens (including phenoxy) is 1. The number of tetrazole rings is 1. The Morgan fingerprint density at radius 2 is 1.84 bits per heavy atom. The topological polar surface area (TPSA) is 83.5 Å². The van der Waals surface area contributed by atoms with Crippen LogP contribution in [-0.4, -0.2) is 32.6 Å². The molecule has 170 valence electrons. The van der Waals surface area contributed by atoms with Crippen molar-refractivity contribution in [3.8, 4) is 11.4 Å². The third-order valence-corrected chi connectivity index (χ3v) is 5.11. The predicted octanol–water partition coefficient (Wildman–Crippen LogP) is 3.95. The SMILES string of the molecule is CON=C(CC(C)(C)C)c1ccc(OCc2c(C)cccc2-n2nnn(C)c2=O)c(C)c1. The number of hydrogen-bond donors (Lipinski definition) is 0. The minimum Gasteiger partial charge on any atom is -0.489 e. The highest BCUT2D eigenvalue weighted by Crippen LogP contribution is 2.27. The summed E-state index contributed by atoms with van der Waals surface area (Å²) in [7, 11) is 3.14. The molecule has 3 aromatic rings. The van der Waals surface area contributed by atoms with Gasteiger partial charge in [-0.2, -0.15) is 9.36 Å². The van der Waals surface area contributed by atoms with Crippen LogP contribution >= 0.6 is 0 Å². The fourth-order valence-corrected chi connectivity index (χ4v) is 3.48. The molecule has 1 aromatic heterocycles. The molecule has 0 aliphatic heterocycles. The second-order valence-electron chi connectivity index (χ2n) is 9.10. The number of aryl methyl sites for hydroxylation is 3. The predicted molar refractivity (Wildman–Crippen MR) is 124 cm³/mol. The van der Waals surface area contributed by atoms with Crippen LogP contribution in [0.25, 0.3) is 5.69 Å². The molecule has 0 aliphatic rings. The Kier molecular flexibility index (Phi) is 6.81. The van der Waals surface area contributed by atoms with Crippen molar-refractivity contribution in [3.63, 3.8) is 0 Å². The Balaban J connectivity index is 1.87. The Labute approximate surface area is 188 Å². The largest absolute Gasteiger partial charge is 0.489 e. The third-order valence-electron chi connectivity index (χ3n) is 5.11. The number of benzene rings is 2. The third kappa shape index (κ3) is 5.25. The maximum absolute atomic E-state index is 12.4. The molecule has 0 aliphatic carbocycles. The highest BCUT2D eigenvalue weighted by Gasteiger charge is 2.18. The lowest BCUT2D eigenvalue weighted by molar-refractivity contribution is 0.211. The van der Waals surface area contributed by atoms with Crippen molar-refractivity contribution in [2.24, 2.45) is 17.6 Å². The zero-order valence-corrected chi connectivity index (χ0v) is 19.8. The van der Waals surface area contributed by atoms with Crippen LogP contribution in [0.2, 0.25) is 0 Å². The van der Waals surface area contributed by atoms with Crippen molar-refractivity contribution in [3.05, 3.63) is 69.1 Å². The lowest BCUT2D eigenvalue weighted by Crippen LogP contribution is -2.23. The lowest BCUT2D eigenvalue weighted by Gasteiger charge is -2.20. The normalized spacial score (nSPS) is 12.2. The molecule has 8 nitrogen and oxygen atoms in total. The minimum atomic E-state index is -0.304. The van der Waals surface area contributed by atoms with Crippen molar-refractivity contribution in [2.75, 3.05) is 7.11 Å². The summed E-state index contributed by atoms with van der Waals surface area (Å²) in [4.78, 5) is 17.4. The summed E-state index contributed by atoms with van der Waals surface area (Å²) in [5, 5.41) is 12.0. The number of aromatic nitrogens is 4. The molecule has 0 radical (unpaired) electrons. The minimum absolute atomic E-state index is 0.0834. The van der Waals surface area contributed by atoms with Gasteiger partial charge in [0.1, 0.15) is 19.5 Å². The summed E-state index contributed by atoms with van der Waals surface area (Å²) in [6, 6.07) is 11.7. The first-order valence-corrected chi connectivity index (χ1v) is 10.5. The molecule has 0 bridgehead atoms. The second kappa shape index (κ2) is 9.38. The van der Waals surface area contributed by atoms with Crippen LogP contribution in [0.5, 0.6) is 5.75 Å². The Bertz CT molecular complexity index is 1190. The van der Waals surface area contributed by atoms with Crippen molar-refractivity contribution in [1.82, 2.24) is 19.8 Å². The number of rotatable bonds is 7. The van der Waals surface area contributed by atoms with Crippen LogP contribution in [0.4, 0.5) is 0 Å². The Hall–Kier alpha value is -3.42. The molecule has 3 rings (SSSR count). The number of oxime groups is 1. The van der Waals surface area contributed by atoms with E-state index in [0.29, 0.717) is 12.3 Å². The van der Waals surface area contributed by atoms with Gasteiger partial charge >= 0.3 is 5.69 Å². The summed E-state index contributed by atoms with van der Waals surface area (Å²) in [6.07, 6.45) is 0.792. The van der Waals surface area contributed by atoms with Gasteiger partial charge in [-0.3, -0.25) is 0 Å². The van der Waals surface area contributed by atoms with E-state index in [0.717, 1.165) is 40.1 Å². The fourth-order valence-electron chi connectivity index (χ4n) is 3.48. The molecule has 32 heavy (non-hydrogen) atoms. The molecule has 8 heteroatoms. The average Bonchev–Trinajstić information content (AvgIpc) is 3.05. The second-order valence-corrected chi connectivity index (χ2v) is 9.10. The maximum Gasteiger partial charge on any atom is 0.368 e. The van der Waals surface area contributed by atoms with Gasteiger partial charge in [-0.25, -0.2) is 4.79 Å². The van der Waals surface area contributed by atoms with Crippen molar-refractivity contribution in [2.45, 2.75) is 47.6 Å². The van der Waals surface area contributed by atoms with Crippen LogP contribution < -0.4 is 10.4 Å². The van der Waals surface area contributed by atoms with Gasteiger partial charge in [-0.1, -0.05) is 38.1 Å². The molecule has 0 amide bonds. The zero-order chi connectivity index (χ0) is 23.5. The first kappa shape index (κ1) is 23.2. The van der Waals surface area contributed by atoms with Gasteiger partial charge < -0.3 is 9.57 Å². The lowest BCUT2D eigenvalue weighted by atomic mass is 9.87. The van der Waals surface area contributed by atoms with Gasteiger partial charge in [-0.05, 0) is 77.1 Å². The van der Waals surface area contributed by atoms with E-state index in [9.17, 15) is 4.79 Å². The number of nitrogens with zero attached hydrogens (tertiary/aromatic N) is 5. The summed E-state index contributed by atoms with van der Waals surface area (Å²) in [5.41, 5.74) is 5.24. The van der Waals surface area contributed by atoms with E-state index in [1.807, 2.05) is 44.2 Å². The molecule has 1 heterocycles. The molecule has 2 aromatic carbocycles. The van der Waals surface area contributed by atoms with Crippen molar-refractivity contribution in [1.29, 1.82) is 0 Å². The van der Waals surface area contributed by atoms with Gasteiger partial charge in [0, 0.05) is 12.6 Å². The van der Waals surface area contributed by atoms with E-state index >= 15 is 0 Å². The molecular weight excluding hydrogens is 406 g/mol. The maximum atomic E-state index is 12.4. The average molecular weight is 438 g/mol. The highest BCUT2D eigenvalue weighted by molar-refractivity contribution is 6.00. The molecular formula is C24H31N5O3. The summed E-state index contributed by atoms with van der Waals surface area (Å²) in [5.74, 6) is 0.766. The Morgan fingerprint density at radius 1 is 1.09 bits per heavy atom. The summed E-state index contributed by atoms with van der Waals surface area (Å²) in [6.45, 7) is 10.8. The zero-order valence-electron chi connectivity index (χ0n) is 19.8. The van der Waals surface area contributed by atoms with Crippen LogP contribution in [-0.2, 0) is 18.5 Å². The van der Waals surface area contributed by atoms with Gasteiger partial charge in [0.25, 0.3) is 0 Å². The standard InChI is InChI=1S/C24H31N5O3/c1-16-9-8-10-21(29-23(30)28(6)26-27-29)19(16)15-32-22-12-11-18(13-17(22)2)20(25-31-7)14-24(3,4)5/h8-13H,14-15H2,1-7H3. The van der Waals surface area contributed by atoms with E-state index in [-0.39, 0.29) is 11.1 Å². The first-order valence-electron chi connectivity index (χ1n) is 10.5. The monoisotopic (exact) mass is 437 g/mol. The molecule has 0 spiro atoms. The Morgan fingerprint density at radius 3 is 2.44 bits per heavy atom. The van der Waals surface area contributed by atoms with Crippen LogP contribution in [0, 0.1) is 19.3 Å². The van der Waals surface area contributed by atoms with E-state index in [2.05, 4.69) is 42.4 Å².